The largest absolute Gasteiger partial charge is 0.381 e. The predicted molar refractivity (Wildman–Crippen MR) is 82.5 cm³/mol. The van der Waals surface area contributed by atoms with Crippen LogP contribution in [0.4, 0.5) is 4.79 Å². The van der Waals surface area contributed by atoms with Gasteiger partial charge in [-0.1, -0.05) is 28.1 Å². The fourth-order valence-corrected chi connectivity index (χ4v) is 2.23. The average molecular weight is 339 g/mol. The molecular formula is C15H19BrN2O2. The van der Waals surface area contributed by atoms with E-state index in [9.17, 15) is 4.79 Å². The third-order valence-electron chi connectivity index (χ3n) is 3.15. The number of ether oxygens (including phenoxy) is 1. The highest BCUT2D eigenvalue weighted by Crippen LogP contribution is 2.12. The van der Waals surface area contributed by atoms with Crippen molar-refractivity contribution >= 4 is 22.0 Å². The van der Waals surface area contributed by atoms with Crippen molar-refractivity contribution in [2.24, 2.45) is 0 Å². The van der Waals surface area contributed by atoms with E-state index in [2.05, 4.69) is 26.6 Å². The lowest BCUT2D eigenvalue weighted by molar-refractivity contribution is 0.119. The van der Waals surface area contributed by atoms with Gasteiger partial charge in [0.2, 0.25) is 0 Å². The van der Waals surface area contributed by atoms with Gasteiger partial charge in [-0.2, -0.15) is 0 Å². The van der Waals surface area contributed by atoms with Gasteiger partial charge < -0.3 is 15.4 Å². The number of amides is 2. The number of halogens is 1. The summed E-state index contributed by atoms with van der Waals surface area (Å²) < 4.78 is 6.32. The minimum atomic E-state index is -0.152. The van der Waals surface area contributed by atoms with Crippen molar-refractivity contribution < 1.29 is 9.53 Å². The Bertz CT molecular complexity index is 463. The number of rotatable bonds is 4. The zero-order valence-corrected chi connectivity index (χ0v) is 12.9. The van der Waals surface area contributed by atoms with Crippen LogP contribution in [0.3, 0.4) is 0 Å². The van der Waals surface area contributed by atoms with Gasteiger partial charge in [0.25, 0.3) is 0 Å². The summed E-state index contributed by atoms with van der Waals surface area (Å²) in [5.74, 6) is 0. The molecule has 1 saturated heterocycles. The van der Waals surface area contributed by atoms with E-state index in [1.54, 1.807) is 6.20 Å². The van der Waals surface area contributed by atoms with Crippen LogP contribution in [0.2, 0.25) is 0 Å². The molecule has 1 aliphatic heterocycles. The van der Waals surface area contributed by atoms with Crippen LogP contribution in [0.1, 0.15) is 18.4 Å². The van der Waals surface area contributed by atoms with Gasteiger partial charge in [0, 0.05) is 17.2 Å². The van der Waals surface area contributed by atoms with Crippen LogP contribution in [-0.4, -0.2) is 25.8 Å². The number of urea groups is 1. The molecule has 1 fully saturated rings. The second-order valence-electron chi connectivity index (χ2n) is 4.69. The van der Waals surface area contributed by atoms with Crippen LogP contribution in [0.25, 0.3) is 0 Å². The topological polar surface area (TPSA) is 50.4 Å². The van der Waals surface area contributed by atoms with Crippen LogP contribution in [0.5, 0.6) is 0 Å². The van der Waals surface area contributed by atoms with E-state index in [0.717, 1.165) is 36.9 Å². The number of hydrogen-bond donors (Lipinski definition) is 2. The Morgan fingerprint density at radius 3 is 2.65 bits per heavy atom. The quantitative estimate of drug-likeness (QED) is 0.886. The van der Waals surface area contributed by atoms with E-state index < -0.39 is 0 Å². The molecule has 0 atom stereocenters. The maximum Gasteiger partial charge on any atom is 0.318 e. The van der Waals surface area contributed by atoms with Crippen LogP contribution in [-0.2, 0) is 11.2 Å². The Hall–Kier alpha value is -1.33. The molecule has 0 saturated carbocycles. The van der Waals surface area contributed by atoms with E-state index in [4.69, 9.17) is 4.74 Å². The molecule has 2 amide bonds. The molecular weight excluding hydrogens is 320 g/mol. The molecule has 1 aromatic carbocycles. The minimum Gasteiger partial charge on any atom is -0.381 e. The molecule has 2 N–H and O–H groups in total. The Balaban J connectivity index is 1.66. The van der Waals surface area contributed by atoms with E-state index in [-0.39, 0.29) is 6.03 Å². The Morgan fingerprint density at radius 1 is 1.25 bits per heavy atom. The fourth-order valence-electron chi connectivity index (χ4n) is 1.97. The normalized spacial score (nSPS) is 14.8. The molecule has 1 heterocycles. The first-order valence-corrected chi connectivity index (χ1v) is 7.58. The number of benzene rings is 1. The smallest absolute Gasteiger partial charge is 0.318 e. The van der Waals surface area contributed by atoms with Gasteiger partial charge in [0.1, 0.15) is 0 Å². The predicted octanol–water partition coefficient (Wildman–Crippen LogP) is 2.99. The van der Waals surface area contributed by atoms with E-state index in [1.807, 2.05) is 24.3 Å². The summed E-state index contributed by atoms with van der Waals surface area (Å²) in [5, 5.41) is 5.62. The summed E-state index contributed by atoms with van der Waals surface area (Å²) in [5.41, 5.74) is 2.44. The van der Waals surface area contributed by atoms with Gasteiger partial charge in [-0.3, -0.25) is 0 Å². The first kappa shape index (κ1) is 15.1. The maximum atomic E-state index is 11.6. The Kier molecular flexibility index (Phi) is 6.08. The van der Waals surface area contributed by atoms with Gasteiger partial charge in [-0.25, -0.2) is 4.79 Å². The van der Waals surface area contributed by atoms with Crippen molar-refractivity contribution in [3.63, 3.8) is 0 Å². The molecule has 1 aromatic rings. The molecule has 1 aliphatic rings. The lowest BCUT2D eigenvalue weighted by Crippen LogP contribution is -2.34. The fraction of sp³-hybridized carbons (Fsp3) is 0.400. The lowest BCUT2D eigenvalue weighted by Gasteiger charge is -2.14. The summed E-state index contributed by atoms with van der Waals surface area (Å²) >= 11 is 3.40. The highest BCUT2D eigenvalue weighted by Gasteiger charge is 2.05. The van der Waals surface area contributed by atoms with E-state index in [1.165, 1.54) is 11.1 Å². The third-order valence-corrected chi connectivity index (χ3v) is 3.68. The van der Waals surface area contributed by atoms with Crippen LogP contribution in [0, 0.1) is 0 Å². The Labute approximate surface area is 127 Å². The third kappa shape index (κ3) is 5.35. The Morgan fingerprint density at radius 2 is 1.95 bits per heavy atom. The highest BCUT2D eigenvalue weighted by molar-refractivity contribution is 9.10. The molecule has 2 rings (SSSR count). The van der Waals surface area contributed by atoms with Crippen molar-refractivity contribution in [3.8, 4) is 0 Å². The van der Waals surface area contributed by atoms with E-state index in [0.29, 0.717) is 6.54 Å². The summed E-state index contributed by atoms with van der Waals surface area (Å²) in [6.45, 7) is 2.12. The average Bonchev–Trinajstić information content (AvgIpc) is 2.48. The van der Waals surface area contributed by atoms with Crippen molar-refractivity contribution in [3.05, 3.63) is 46.1 Å². The van der Waals surface area contributed by atoms with Crippen LogP contribution in [0.15, 0.2) is 40.5 Å². The van der Waals surface area contributed by atoms with E-state index >= 15 is 0 Å². The summed E-state index contributed by atoms with van der Waals surface area (Å²) in [4.78, 5) is 11.6. The molecule has 108 valence electrons. The first-order valence-electron chi connectivity index (χ1n) is 6.78. The molecule has 0 radical (unpaired) electrons. The minimum absolute atomic E-state index is 0.152. The van der Waals surface area contributed by atoms with Gasteiger partial charge in [-0.15, -0.1) is 0 Å². The zero-order valence-electron chi connectivity index (χ0n) is 11.3. The summed E-state index contributed by atoms with van der Waals surface area (Å²) in [7, 11) is 0. The molecule has 0 bridgehead atoms. The van der Waals surface area contributed by atoms with Crippen molar-refractivity contribution in [2.45, 2.75) is 19.3 Å². The summed E-state index contributed by atoms with van der Waals surface area (Å²) in [6, 6.07) is 7.96. The lowest BCUT2D eigenvalue weighted by atomic mass is 10.1. The molecule has 0 aromatic heterocycles. The van der Waals surface area contributed by atoms with Crippen molar-refractivity contribution in [2.75, 3.05) is 19.8 Å². The standard InChI is InChI=1S/C15H19BrN2O2/c16-14-3-1-12(2-4-14)5-8-17-15(19)18-11-13-6-9-20-10-7-13/h1-4,11H,5-10H2,(H2,17,18,19). The van der Waals surface area contributed by atoms with Gasteiger partial charge in [-0.05, 0) is 42.5 Å². The second kappa shape index (κ2) is 8.07. The number of carbonyl (C=O) groups excluding carboxylic acids is 1. The van der Waals surface area contributed by atoms with Gasteiger partial charge >= 0.3 is 6.03 Å². The van der Waals surface area contributed by atoms with Crippen LogP contribution < -0.4 is 10.6 Å². The zero-order chi connectivity index (χ0) is 14.2. The van der Waals surface area contributed by atoms with Gasteiger partial charge in [0.15, 0.2) is 0 Å². The van der Waals surface area contributed by atoms with Crippen molar-refractivity contribution in [1.29, 1.82) is 0 Å². The SMILES string of the molecule is O=C(NC=C1CCOCC1)NCCc1ccc(Br)cc1. The van der Waals surface area contributed by atoms with Crippen LogP contribution >= 0.6 is 15.9 Å². The first-order chi connectivity index (χ1) is 9.74. The number of nitrogens with one attached hydrogen (secondary N) is 2. The summed E-state index contributed by atoms with van der Waals surface area (Å²) in [6.07, 6.45) is 4.43. The molecule has 0 spiro atoms. The molecule has 0 unspecified atom stereocenters. The monoisotopic (exact) mass is 338 g/mol. The molecule has 0 aliphatic carbocycles. The highest BCUT2D eigenvalue weighted by atomic mass is 79.9. The second-order valence-corrected chi connectivity index (χ2v) is 5.61. The molecule has 4 nitrogen and oxygen atoms in total. The maximum absolute atomic E-state index is 11.6. The number of carbonyl (C=O) groups is 1. The molecule has 20 heavy (non-hydrogen) atoms. The van der Waals surface area contributed by atoms with Crippen molar-refractivity contribution in [1.82, 2.24) is 10.6 Å². The molecule has 5 heteroatoms. The van der Waals surface area contributed by atoms with Gasteiger partial charge in [0.05, 0.1) is 13.2 Å². The number of hydrogen-bond acceptors (Lipinski definition) is 2.